The summed E-state index contributed by atoms with van der Waals surface area (Å²) in [6.45, 7) is 11.9. The number of nitrogens with one attached hydrogen (secondary N) is 1. The highest BCUT2D eigenvalue weighted by atomic mass is 16.5. The van der Waals surface area contributed by atoms with Crippen LogP contribution in [-0.4, -0.2) is 48.6 Å². The molecule has 1 heterocycles. The molecule has 1 N–H and O–H groups in total. The lowest BCUT2D eigenvalue weighted by atomic mass is 9.98. The van der Waals surface area contributed by atoms with Crippen LogP contribution >= 0.6 is 0 Å². The molecule has 2 aromatic rings. The third kappa shape index (κ3) is 6.50. The van der Waals surface area contributed by atoms with Crippen LogP contribution in [0.5, 0.6) is 11.5 Å². The first kappa shape index (κ1) is 24.6. The van der Waals surface area contributed by atoms with E-state index < -0.39 is 6.10 Å². The van der Waals surface area contributed by atoms with Crippen LogP contribution in [0.4, 0.5) is 0 Å². The quantitative estimate of drug-likeness (QED) is 0.630. The van der Waals surface area contributed by atoms with Crippen LogP contribution in [0.1, 0.15) is 67.9 Å². The molecule has 6 nitrogen and oxygen atoms in total. The van der Waals surface area contributed by atoms with E-state index in [4.69, 9.17) is 9.47 Å². The Hall–Kier alpha value is -3.02. The van der Waals surface area contributed by atoms with Gasteiger partial charge in [-0.1, -0.05) is 19.9 Å². The average molecular weight is 453 g/mol. The van der Waals surface area contributed by atoms with E-state index >= 15 is 0 Å². The van der Waals surface area contributed by atoms with Crippen LogP contribution in [0.25, 0.3) is 0 Å². The zero-order valence-electron chi connectivity index (χ0n) is 20.4. The number of hydrogen-bond acceptors (Lipinski definition) is 4. The highest BCUT2D eigenvalue weighted by Gasteiger charge is 2.26. The summed E-state index contributed by atoms with van der Waals surface area (Å²) in [5.41, 5.74) is 3.10. The Balaban J connectivity index is 1.47. The Bertz CT molecular complexity index is 947. The molecule has 1 atom stereocenters. The van der Waals surface area contributed by atoms with Gasteiger partial charge in [0.15, 0.2) is 6.10 Å². The monoisotopic (exact) mass is 452 g/mol. The Labute approximate surface area is 197 Å². The molecule has 1 saturated heterocycles. The fraction of sp³-hybridized carbons (Fsp3) is 0.481. The fourth-order valence-corrected chi connectivity index (χ4v) is 4.22. The molecule has 1 aliphatic heterocycles. The van der Waals surface area contributed by atoms with Crippen molar-refractivity contribution in [2.24, 2.45) is 0 Å². The smallest absolute Gasteiger partial charge is 0.260 e. The minimum atomic E-state index is -0.585. The van der Waals surface area contributed by atoms with E-state index in [1.807, 2.05) is 36.1 Å². The molecule has 1 fully saturated rings. The van der Waals surface area contributed by atoms with Crippen molar-refractivity contribution in [3.8, 4) is 11.5 Å². The minimum absolute atomic E-state index is 0.0136. The number of likely N-dealkylation sites (tertiary alicyclic amines) is 1. The van der Waals surface area contributed by atoms with Crippen molar-refractivity contribution in [2.45, 2.75) is 65.5 Å². The van der Waals surface area contributed by atoms with Crippen LogP contribution in [-0.2, 0) is 4.79 Å². The van der Waals surface area contributed by atoms with Crippen molar-refractivity contribution in [1.29, 1.82) is 0 Å². The average Bonchev–Trinajstić information content (AvgIpc) is 2.79. The van der Waals surface area contributed by atoms with E-state index in [1.165, 1.54) is 11.1 Å². The standard InChI is InChI=1S/C27H36N2O4/c1-6-32-23-9-7-21(8-10-23)27(31)29-15-13-22(14-16-29)28-26(30)20(5)33-24-11-12-25(18(2)3)19(4)17-24/h7-12,17-18,20,22H,6,13-16H2,1-5H3,(H,28,30). The van der Waals surface area contributed by atoms with E-state index in [9.17, 15) is 9.59 Å². The number of rotatable bonds is 8. The number of amides is 2. The highest BCUT2D eigenvalue weighted by Crippen LogP contribution is 2.24. The zero-order chi connectivity index (χ0) is 24.0. The number of carbonyl (C=O) groups excluding carboxylic acids is 2. The summed E-state index contributed by atoms with van der Waals surface area (Å²) in [5, 5.41) is 3.09. The number of piperidine rings is 1. The number of ether oxygens (including phenoxy) is 2. The van der Waals surface area contributed by atoms with Crippen LogP contribution in [0, 0.1) is 6.92 Å². The second-order valence-electron chi connectivity index (χ2n) is 8.97. The molecular formula is C27H36N2O4. The summed E-state index contributed by atoms with van der Waals surface area (Å²) >= 11 is 0. The first-order valence-electron chi connectivity index (χ1n) is 11.9. The van der Waals surface area contributed by atoms with Gasteiger partial charge in [-0.05, 0) is 87.1 Å². The van der Waals surface area contributed by atoms with Crippen molar-refractivity contribution >= 4 is 11.8 Å². The Morgan fingerprint density at radius 2 is 1.67 bits per heavy atom. The molecule has 1 aliphatic rings. The lowest BCUT2D eigenvalue weighted by Crippen LogP contribution is -2.49. The molecule has 3 rings (SSSR count). The molecule has 0 saturated carbocycles. The van der Waals surface area contributed by atoms with E-state index in [0.717, 1.165) is 18.6 Å². The number of aryl methyl sites for hydroxylation is 1. The van der Waals surface area contributed by atoms with Crippen molar-refractivity contribution in [2.75, 3.05) is 19.7 Å². The summed E-state index contributed by atoms with van der Waals surface area (Å²) < 4.78 is 11.3. The molecule has 6 heteroatoms. The van der Waals surface area contributed by atoms with Crippen LogP contribution in [0.3, 0.4) is 0 Å². The second-order valence-corrected chi connectivity index (χ2v) is 8.97. The summed E-state index contributed by atoms with van der Waals surface area (Å²) in [4.78, 5) is 27.3. The summed E-state index contributed by atoms with van der Waals surface area (Å²) in [5.74, 6) is 1.80. The van der Waals surface area contributed by atoms with Gasteiger partial charge >= 0.3 is 0 Å². The normalized spacial score (nSPS) is 15.3. The van der Waals surface area contributed by atoms with Crippen molar-refractivity contribution in [3.63, 3.8) is 0 Å². The van der Waals surface area contributed by atoms with Gasteiger partial charge in [-0.3, -0.25) is 9.59 Å². The van der Waals surface area contributed by atoms with Crippen LogP contribution < -0.4 is 14.8 Å². The van der Waals surface area contributed by atoms with Crippen molar-refractivity contribution in [3.05, 3.63) is 59.2 Å². The van der Waals surface area contributed by atoms with E-state index in [2.05, 4.69) is 32.2 Å². The number of benzene rings is 2. The summed E-state index contributed by atoms with van der Waals surface area (Å²) in [6.07, 6.45) is 0.866. The molecule has 178 valence electrons. The van der Waals surface area contributed by atoms with Gasteiger partial charge in [-0.15, -0.1) is 0 Å². The first-order chi connectivity index (χ1) is 15.8. The van der Waals surface area contributed by atoms with Crippen LogP contribution in [0.15, 0.2) is 42.5 Å². The predicted octanol–water partition coefficient (Wildman–Crippen LogP) is 4.71. The molecular weight excluding hydrogens is 416 g/mol. The lowest BCUT2D eigenvalue weighted by molar-refractivity contribution is -0.128. The molecule has 2 amide bonds. The Kier molecular flexibility index (Phi) is 8.37. The van der Waals surface area contributed by atoms with Gasteiger partial charge in [0.05, 0.1) is 6.61 Å². The van der Waals surface area contributed by atoms with Gasteiger partial charge in [0.25, 0.3) is 11.8 Å². The molecule has 0 aliphatic carbocycles. The molecule has 1 unspecified atom stereocenters. The lowest BCUT2D eigenvalue weighted by Gasteiger charge is -2.33. The Morgan fingerprint density at radius 1 is 1.03 bits per heavy atom. The predicted molar refractivity (Wildman–Crippen MR) is 130 cm³/mol. The highest BCUT2D eigenvalue weighted by molar-refractivity contribution is 5.94. The van der Waals surface area contributed by atoms with Gasteiger partial charge in [0, 0.05) is 24.7 Å². The minimum Gasteiger partial charge on any atom is -0.494 e. The third-order valence-corrected chi connectivity index (χ3v) is 6.09. The zero-order valence-corrected chi connectivity index (χ0v) is 20.4. The van der Waals surface area contributed by atoms with Crippen molar-refractivity contribution < 1.29 is 19.1 Å². The summed E-state index contributed by atoms with van der Waals surface area (Å²) in [6, 6.07) is 13.3. The maximum absolute atomic E-state index is 12.8. The van der Waals surface area contributed by atoms with Gasteiger partial charge in [-0.2, -0.15) is 0 Å². The molecule has 33 heavy (non-hydrogen) atoms. The van der Waals surface area contributed by atoms with Gasteiger partial charge < -0.3 is 19.7 Å². The topological polar surface area (TPSA) is 67.9 Å². The molecule has 2 aromatic carbocycles. The van der Waals surface area contributed by atoms with E-state index in [-0.39, 0.29) is 17.9 Å². The SMILES string of the molecule is CCOc1ccc(C(=O)N2CCC(NC(=O)C(C)Oc3ccc(C(C)C)c(C)c3)CC2)cc1. The maximum atomic E-state index is 12.8. The number of hydrogen-bond donors (Lipinski definition) is 1. The fourth-order valence-electron chi connectivity index (χ4n) is 4.22. The molecule has 0 aromatic heterocycles. The largest absolute Gasteiger partial charge is 0.494 e. The third-order valence-electron chi connectivity index (χ3n) is 6.09. The van der Waals surface area contributed by atoms with Crippen LogP contribution in [0.2, 0.25) is 0 Å². The molecule has 0 spiro atoms. The van der Waals surface area contributed by atoms with Gasteiger partial charge in [0.1, 0.15) is 11.5 Å². The second kappa shape index (κ2) is 11.2. The van der Waals surface area contributed by atoms with E-state index in [0.29, 0.717) is 36.9 Å². The Morgan fingerprint density at radius 3 is 2.24 bits per heavy atom. The van der Waals surface area contributed by atoms with Gasteiger partial charge in [0.2, 0.25) is 0 Å². The number of carbonyl (C=O) groups is 2. The maximum Gasteiger partial charge on any atom is 0.260 e. The van der Waals surface area contributed by atoms with E-state index in [1.54, 1.807) is 19.1 Å². The van der Waals surface area contributed by atoms with Crippen molar-refractivity contribution in [1.82, 2.24) is 10.2 Å². The first-order valence-corrected chi connectivity index (χ1v) is 11.9. The number of nitrogens with zero attached hydrogens (tertiary/aromatic N) is 1. The molecule has 0 radical (unpaired) electrons. The van der Waals surface area contributed by atoms with Gasteiger partial charge in [-0.25, -0.2) is 0 Å². The summed E-state index contributed by atoms with van der Waals surface area (Å²) in [7, 11) is 0. The molecule has 0 bridgehead atoms.